The molecule has 1 aliphatic rings. The number of carbonyl (C=O) groups excluding carboxylic acids is 6. The van der Waals surface area contributed by atoms with Crippen LogP contribution in [-0.2, 0) is 63.6 Å². The molecule has 1 amide bonds. The summed E-state index contributed by atoms with van der Waals surface area (Å²) < 4.78 is 32.0. The molecule has 1 aliphatic heterocycles. The molecule has 1 aromatic rings. The molecule has 13 nitrogen and oxygen atoms in total. The van der Waals surface area contributed by atoms with E-state index in [1.807, 2.05) is 0 Å². The van der Waals surface area contributed by atoms with Gasteiger partial charge in [-0.1, -0.05) is 24.0 Å². The van der Waals surface area contributed by atoms with Crippen molar-refractivity contribution in [1.29, 1.82) is 0 Å². The van der Waals surface area contributed by atoms with Crippen molar-refractivity contribution in [1.82, 2.24) is 5.32 Å². The van der Waals surface area contributed by atoms with Gasteiger partial charge in [0.15, 0.2) is 24.4 Å². The van der Waals surface area contributed by atoms with E-state index in [1.54, 1.807) is 24.3 Å². The Kier molecular flexibility index (Phi) is 12.3. The summed E-state index contributed by atoms with van der Waals surface area (Å²) in [6.45, 7) is 5.48. The second-order valence-electron chi connectivity index (χ2n) is 9.07. The first-order chi connectivity index (χ1) is 19.3. The van der Waals surface area contributed by atoms with Crippen LogP contribution in [0.5, 0.6) is 0 Å². The van der Waals surface area contributed by atoms with Crippen LogP contribution in [0.1, 0.15) is 45.7 Å². The standard InChI is InChI=1S/C28H33NO12/c1-15(30)29-22(28(35)36-6)13-21-9-7-8-20(12-21)10-11-23-25(38-17(3)32)27(40-19(5)34)26(39-18(4)33)24(41-23)14-37-16(2)31/h7-9,12,22-27H,13-14H2,1-6H3,(H,29,30)/t22-,23+,24-,25+,26+,27-/m1/s1. The summed E-state index contributed by atoms with van der Waals surface area (Å²) in [6.07, 6.45) is -6.14. The van der Waals surface area contributed by atoms with Gasteiger partial charge >= 0.3 is 29.8 Å². The first kappa shape index (κ1) is 32.8. The number of benzene rings is 1. The first-order valence-corrected chi connectivity index (χ1v) is 12.6. The van der Waals surface area contributed by atoms with Crippen molar-refractivity contribution < 1.29 is 57.2 Å². The summed E-state index contributed by atoms with van der Waals surface area (Å²) in [5.74, 6) is 1.87. The maximum absolute atomic E-state index is 12.1. The maximum atomic E-state index is 12.1. The predicted molar refractivity (Wildman–Crippen MR) is 139 cm³/mol. The van der Waals surface area contributed by atoms with Crippen LogP contribution in [0.4, 0.5) is 0 Å². The number of hydrogen-bond donors (Lipinski definition) is 1. The highest BCUT2D eigenvalue weighted by atomic mass is 16.7. The molecule has 2 rings (SSSR count). The lowest BCUT2D eigenvalue weighted by atomic mass is 9.94. The van der Waals surface area contributed by atoms with Gasteiger partial charge in [-0.2, -0.15) is 0 Å². The van der Waals surface area contributed by atoms with Crippen LogP contribution in [0.3, 0.4) is 0 Å². The van der Waals surface area contributed by atoms with Crippen molar-refractivity contribution >= 4 is 35.8 Å². The molecule has 1 heterocycles. The van der Waals surface area contributed by atoms with Crippen LogP contribution in [0.15, 0.2) is 24.3 Å². The van der Waals surface area contributed by atoms with Gasteiger partial charge in [0.2, 0.25) is 5.91 Å². The zero-order valence-electron chi connectivity index (χ0n) is 23.6. The molecule has 6 atom stereocenters. The average molecular weight is 576 g/mol. The molecule has 0 unspecified atom stereocenters. The fourth-order valence-electron chi connectivity index (χ4n) is 4.09. The van der Waals surface area contributed by atoms with Crippen LogP contribution < -0.4 is 5.32 Å². The van der Waals surface area contributed by atoms with E-state index >= 15 is 0 Å². The van der Waals surface area contributed by atoms with Gasteiger partial charge in [0.1, 0.15) is 18.8 Å². The molecule has 41 heavy (non-hydrogen) atoms. The van der Waals surface area contributed by atoms with Crippen molar-refractivity contribution in [2.75, 3.05) is 13.7 Å². The third-order valence-corrected chi connectivity index (χ3v) is 5.58. The third-order valence-electron chi connectivity index (χ3n) is 5.58. The second-order valence-corrected chi connectivity index (χ2v) is 9.07. The molecule has 0 bridgehead atoms. The monoisotopic (exact) mass is 575 g/mol. The summed E-state index contributed by atoms with van der Waals surface area (Å²) in [5.41, 5.74) is 1.13. The molecule has 0 radical (unpaired) electrons. The Hall–Kier alpha value is -4.44. The third kappa shape index (κ3) is 10.6. The average Bonchev–Trinajstić information content (AvgIpc) is 2.87. The van der Waals surface area contributed by atoms with Gasteiger partial charge in [0.25, 0.3) is 0 Å². The van der Waals surface area contributed by atoms with Gasteiger partial charge < -0.3 is 33.7 Å². The minimum Gasteiger partial charge on any atom is -0.467 e. The molecule has 1 aromatic carbocycles. The topological polar surface area (TPSA) is 170 Å². The number of amides is 1. The molecule has 0 aromatic heterocycles. The molecular weight excluding hydrogens is 542 g/mol. The highest BCUT2D eigenvalue weighted by Gasteiger charge is 2.51. The molecule has 0 spiro atoms. The Morgan fingerprint density at radius 1 is 0.878 bits per heavy atom. The SMILES string of the molecule is COC(=O)[C@@H](Cc1cccc(C#C[C@@H]2O[C@H](COC(C)=O)[C@H](OC(C)=O)[C@H](OC(C)=O)[C@H]2OC(C)=O)c1)NC(C)=O. The van der Waals surface area contributed by atoms with Gasteiger partial charge in [-0.25, -0.2) is 4.79 Å². The quantitative estimate of drug-likeness (QED) is 0.244. The number of rotatable bonds is 9. The van der Waals surface area contributed by atoms with Crippen LogP contribution in [0.25, 0.3) is 0 Å². The largest absolute Gasteiger partial charge is 0.467 e. The Bertz CT molecular complexity index is 1220. The molecule has 1 N–H and O–H groups in total. The smallest absolute Gasteiger partial charge is 0.328 e. The first-order valence-electron chi connectivity index (χ1n) is 12.6. The number of methoxy groups -OCH3 is 1. The number of esters is 5. The summed E-state index contributed by atoms with van der Waals surface area (Å²) in [4.78, 5) is 70.9. The van der Waals surface area contributed by atoms with Crippen molar-refractivity contribution in [2.24, 2.45) is 0 Å². The number of ether oxygens (including phenoxy) is 6. The van der Waals surface area contributed by atoms with Crippen molar-refractivity contribution in [3.05, 3.63) is 35.4 Å². The lowest BCUT2D eigenvalue weighted by Crippen LogP contribution is -2.62. The zero-order valence-corrected chi connectivity index (χ0v) is 23.6. The Morgan fingerprint density at radius 2 is 1.49 bits per heavy atom. The zero-order chi connectivity index (χ0) is 30.7. The van der Waals surface area contributed by atoms with Gasteiger partial charge in [-0.05, 0) is 17.7 Å². The van der Waals surface area contributed by atoms with Crippen molar-refractivity contribution in [2.45, 2.75) is 77.6 Å². The molecule has 0 aliphatic carbocycles. The molecule has 1 fully saturated rings. The molecule has 0 saturated carbocycles. The van der Waals surface area contributed by atoms with E-state index in [4.69, 9.17) is 28.4 Å². The van der Waals surface area contributed by atoms with Gasteiger partial charge in [-0.3, -0.25) is 24.0 Å². The van der Waals surface area contributed by atoms with E-state index in [2.05, 4.69) is 17.2 Å². The Balaban J connectivity index is 2.47. The Labute approximate surface area is 237 Å². The van der Waals surface area contributed by atoms with Crippen LogP contribution >= 0.6 is 0 Å². The van der Waals surface area contributed by atoms with Crippen LogP contribution in [-0.4, -0.2) is 86.0 Å². The molecule has 222 valence electrons. The van der Waals surface area contributed by atoms with E-state index in [-0.39, 0.29) is 13.0 Å². The summed E-state index contributed by atoms with van der Waals surface area (Å²) >= 11 is 0. The van der Waals surface area contributed by atoms with Crippen LogP contribution in [0, 0.1) is 11.8 Å². The Morgan fingerprint density at radius 3 is 2.05 bits per heavy atom. The van der Waals surface area contributed by atoms with E-state index in [9.17, 15) is 28.8 Å². The summed E-state index contributed by atoms with van der Waals surface area (Å²) in [6, 6.07) is 5.86. The number of nitrogens with one attached hydrogen (secondary N) is 1. The van der Waals surface area contributed by atoms with E-state index < -0.39 is 72.3 Å². The van der Waals surface area contributed by atoms with E-state index in [0.29, 0.717) is 11.1 Å². The minimum absolute atomic E-state index is 0.126. The highest BCUT2D eigenvalue weighted by molar-refractivity contribution is 5.83. The molecule has 13 heteroatoms. The summed E-state index contributed by atoms with van der Waals surface area (Å²) in [7, 11) is 1.21. The van der Waals surface area contributed by atoms with Gasteiger partial charge in [0, 0.05) is 46.6 Å². The van der Waals surface area contributed by atoms with Crippen LogP contribution in [0.2, 0.25) is 0 Å². The van der Waals surface area contributed by atoms with E-state index in [0.717, 1.165) is 20.8 Å². The second kappa shape index (κ2) is 15.4. The number of carbonyl (C=O) groups is 6. The van der Waals surface area contributed by atoms with Gasteiger partial charge in [-0.15, -0.1) is 0 Å². The highest BCUT2D eigenvalue weighted by Crippen LogP contribution is 2.29. The van der Waals surface area contributed by atoms with Gasteiger partial charge in [0.05, 0.1) is 7.11 Å². The minimum atomic E-state index is -1.33. The van der Waals surface area contributed by atoms with E-state index in [1.165, 1.54) is 21.0 Å². The maximum Gasteiger partial charge on any atom is 0.328 e. The summed E-state index contributed by atoms with van der Waals surface area (Å²) in [5, 5.41) is 2.54. The number of hydrogen-bond acceptors (Lipinski definition) is 12. The van der Waals surface area contributed by atoms with Crippen molar-refractivity contribution in [3.8, 4) is 11.8 Å². The molecule has 1 saturated heterocycles. The predicted octanol–water partition coefficient (Wildman–Crippen LogP) is 0.384. The molecular formula is C28H33NO12. The fourth-order valence-corrected chi connectivity index (χ4v) is 4.09. The normalized spacial score (nSPS) is 22.0. The lowest BCUT2D eigenvalue weighted by molar-refractivity contribution is -0.242. The van der Waals surface area contributed by atoms with Crippen molar-refractivity contribution in [3.63, 3.8) is 0 Å². The fraction of sp³-hybridized carbons (Fsp3) is 0.500. The lowest BCUT2D eigenvalue weighted by Gasteiger charge is -2.42.